The van der Waals surface area contributed by atoms with Crippen LogP contribution in [0.3, 0.4) is 0 Å². The van der Waals surface area contributed by atoms with Gasteiger partial charge in [0, 0.05) is 16.4 Å². The van der Waals surface area contributed by atoms with Gasteiger partial charge in [-0.25, -0.2) is 9.82 Å². The van der Waals surface area contributed by atoms with Crippen LogP contribution < -0.4 is 10.7 Å². The first-order valence-electron chi connectivity index (χ1n) is 11.2. The Bertz CT molecular complexity index is 1360. The second-order valence-electron chi connectivity index (χ2n) is 7.93. The van der Waals surface area contributed by atoms with E-state index in [4.69, 9.17) is 11.6 Å². The fourth-order valence-electron chi connectivity index (χ4n) is 3.35. The van der Waals surface area contributed by atoms with Crippen molar-refractivity contribution >= 4 is 41.2 Å². The van der Waals surface area contributed by atoms with Crippen LogP contribution in [0.1, 0.15) is 23.9 Å². The summed E-state index contributed by atoms with van der Waals surface area (Å²) in [6.45, 7) is 4.18. The van der Waals surface area contributed by atoms with Gasteiger partial charge in [-0.2, -0.15) is 5.10 Å². The van der Waals surface area contributed by atoms with E-state index in [0.717, 1.165) is 16.9 Å². The second-order valence-corrected chi connectivity index (χ2v) is 9.67. The number of aromatic nitrogens is 3. The zero-order valence-electron chi connectivity index (χ0n) is 19.7. The Labute approximate surface area is 217 Å². The third kappa shape index (κ3) is 6.50. The topological polar surface area (TPSA) is 84.2 Å². The standard InChI is InChI=1S/C26H24ClFN6OS/c1-17-14-20(27)10-13-23(17)29-16-24-31-33-26(34(24)22-6-4-3-5-7-22)36-18(2)25(35)32-30-15-19-8-11-21(28)12-9-19/h3-15,18,29H,16H2,1-2H3,(H,32,35)/b30-15-/t18-/m1/s1. The highest BCUT2D eigenvalue weighted by Gasteiger charge is 2.21. The van der Waals surface area contributed by atoms with Crippen molar-refractivity contribution < 1.29 is 9.18 Å². The van der Waals surface area contributed by atoms with Crippen LogP contribution in [-0.2, 0) is 11.3 Å². The van der Waals surface area contributed by atoms with E-state index >= 15 is 0 Å². The van der Waals surface area contributed by atoms with Crippen molar-refractivity contribution in [2.45, 2.75) is 30.8 Å². The van der Waals surface area contributed by atoms with Gasteiger partial charge in [0.1, 0.15) is 5.82 Å². The minimum atomic E-state index is -0.499. The lowest BCUT2D eigenvalue weighted by Gasteiger charge is -2.14. The molecular weight excluding hydrogens is 499 g/mol. The van der Waals surface area contributed by atoms with Gasteiger partial charge in [-0.15, -0.1) is 10.2 Å². The lowest BCUT2D eigenvalue weighted by atomic mass is 10.2. The maximum absolute atomic E-state index is 13.0. The number of amides is 1. The number of halogens is 2. The molecule has 2 N–H and O–H groups in total. The molecule has 4 aromatic rings. The predicted molar refractivity (Wildman–Crippen MR) is 142 cm³/mol. The molecule has 0 aliphatic carbocycles. The summed E-state index contributed by atoms with van der Waals surface area (Å²) in [7, 11) is 0. The van der Waals surface area contributed by atoms with Gasteiger partial charge in [0.25, 0.3) is 5.91 Å². The predicted octanol–water partition coefficient (Wildman–Crippen LogP) is 5.61. The first-order valence-corrected chi connectivity index (χ1v) is 12.4. The molecule has 3 aromatic carbocycles. The number of carbonyl (C=O) groups is 1. The van der Waals surface area contributed by atoms with Crippen LogP contribution in [0.5, 0.6) is 0 Å². The number of para-hydroxylation sites is 1. The average Bonchev–Trinajstić information content (AvgIpc) is 3.27. The van der Waals surface area contributed by atoms with Crippen molar-refractivity contribution in [3.8, 4) is 5.69 Å². The zero-order chi connectivity index (χ0) is 25.5. The summed E-state index contributed by atoms with van der Waals surface area (Å²) in [4.78, 5) is 12.6. The van der Waals surface area contributed by atoms with Crippen LogP contribution in [0.2, 0.25) is 5.02 Å². The molecule has 0 spiro atoms. The number of benzene rings is 3. The molecule has 1 aromatic heterocycles. The molecule has 0 bridgehead atoms. The third-order valence-corrected chi connectivity index (χ3v) is 6.53. The maximum Gasteiger partial charge on any atom is 0.253 e. The summed E-state index contributed by atoms with van der Waals surface area (Å²) >= 11 is 7.35. The fourth-order valence-corrected chi connectivity index (χ4v) is 4.46. The van der Waals surface area contributed by atoms with Gasteiger partial charge in [-0.3, -0.25) is 9.36 Å². The second kappa shape index (κ2) is 11.8. The van der Waals surface area contributed by atoms with Gasteiger partial charge < -0.3 is 5.32 Å². The number of hydrazone groups is 1. The van der Waals surface area contributed by atoms with E-state index in [0.29, 0.717) is 28.1 Å². The first kappa shape index (κ1) is 25.4. The first-order chi connectivity index (χ1) is 17.4. The molecule has 10 heteroatoms. The highest BCUT2D eigenvalue weighted by molar-refractivity contribution is 8.00. The average molecular weight is 523 g/mol. The molecule has 0 radical (unpaired) electrons. The largest absolute Gasteiger partial charge is 0.378 e. The van der Waals surface area contributed by atoms with E-state index in [-0.39, 0.29) is 11.7 Å². The molecule has 184 valence electrons. The van der Waals surface area contributed by atoms with Crippen molar-refractivity contribution in [3.63, 3.8) is 0 Å². The van der Waals surface area contributed by atoms with E-state index in [1.807, 2.05) is 60.0 Å². The normalized spacial score (nSPS) is 12.0. The van der Waals surface area contributed by atoms with Gasteiger partial charge in [0.05, 0.1) is 18.0 Å². The number of hydrogen-bond donors (Lipinski definition) is 2. The lowest BCUT2D eigenvalue weighted by molar-refractivity contribution is -0.120. The van der Waals surface area contributed by atoms with Crippen molar-refractivity contribution in [2.24, 2.45) is 5.10 Å². The van der Waals surface area contributed by atoms with Crippen LogP contribution in [0.4, 0.5) is 10.1 Å². The summed E-state index contributed by atoms with van der Waals surface area (Å²) in [5.74, 6) is 0.0685. The van der Waals surface area contributed by atoms with Gasteiger partial charge in [0.15, 0.2) is 11.0 Å². The number of hydrogen-bond acceptors (Lipinski definition) is 6. The lowest BCUT2D eigenvalue weighted by Crippen LogP contribution is -2.27. The Morgan fingerprint density at radius 2 is 1.89 bits per heavy atom. The number of thioether (sulfide) groups is 1. The van der Waals surface area contributed by atoms with Gasteiger partial charge >= 0.3 is 0 Å². The van der Waals surface area contributed by atoms with E-state index in [1.165, 1.54) is 30.1 Å². The molecule has 36 heavy (non-hydrogen) atoms. The fraction of sp³-hybridized carbons (Fsp3) is 0.154. The van der Waals surface area contributed by atoms with E-state index in [2.05, 4.69) is 26.0 Å². The van der Waals surface area contributed by atoms with Crippen molar-refractivity contribution in [1.82, 2.24) is 20.2 Å². The van der Waals surface area contributed by atoms with Crippen LogP contribution in [0.25, 0.3) is 5.69 Å². The van der Waals surface area contributed by atoms with Crippen LogP contribution in [0, 0.1) is 12.7 Å². The number of rotatable bonds is 9. The van der Waals surface area contributed by atoms with Gasteiger partial charge in [0.2, 0.25) is 0 Å². The Morgan fingerprint density at radius 3 is 2.61 bits per heavy atom. The van der Waals surface area contributed by atoms with Crippen molar-refractivity contribution in [3.05, 3.63) is 101 Å². The molecular formula is C26H24ClFN6OS. The minimum Gasteiger partial charge on any atom is -0.378 e. The molecule has 0 saturated carbocycles. The minimum absolute atomic E-state index is 0.294. The summed E-state index contributed by atoms with van der Waals surface area (Å²) in [5, 5.41) is 16.9. The summed E-state index contributed by atoms with van der Waals surface area (Å²) < 4.78 is 15.0. The van der Waals surface area contributed by atoms with Gasteiger partial charge in [-0.1, -0.05) is 53.7 Å². The summed E-state index contributed by atoms with van der Waals surface area (Å²) in [6, 6.07) is 21.2. The van der Waals surface area contributed by atoms with Crippen LogP contribution in [0.15, 0.2) is 83.1 Å². The van der Waals surface area contributed by atoms with Crippen molar-refractivity contribution in [1.29, 1.82) is 0 Å². The summed E-state index contributed by atoms with van der Waals surface area (Å²) in [5.41, 5.74) is 6.05. The van der Waals surface area contributed by atoms with Gasteiger partial charge in [-0.05, 0) is 67.4 Å². The molecule has 7 nitrogen and oxygen atoms in total. The highest BCUT2D eigenvalue weighted by Crippen LogP contribution is 2.27. The molecule has 0 unspecified atom stereocenters. The molecule has 0 aliphatic rings. The highest BCUT2D eigenvalue weighted by atomic mass is 35.5. The number of anilines is 1. The van der Waals surface area contributed by atoms with Crippen molar-refractivity contribution in [2.75, 3.05) is 5.32 Å². The number of aryl methyl sites for hydroxylation is 1. The SMILES string of the molecule is Cc1cc(Cl)ccc1NCc1nnc(S[C@H](C)C(=O)N/N=C\c2ccc(F)cc2)n1-c1ccccc1. The number of nitrogens with zero attached hydrogens (tertiary/aromatic N) is 4. The van der Waals surface area contributed by atoms with E-state index < -0.39 is 5.25 Å². The number of nitrogens with one attached hydrogen (secondary N) is 2. The Balaban J connectivity index is 1.48. The molecule has 0 aliphatic heterocycles. The van der Waals surface area contributed by atoms with E-state index in [9.17, 15) is 9.18 Å². The van der Waals surface area contributed by atoms with E-state index in [1.54, 1.807) is 19.1 Å². The molecule has 0 fully saturated rings. The van der Waals surface area contributed by atoms with Crippen LogP contribution >= 0.6 is 23.4 Å². The maximum atomic E-state index is 13.0. The molecule has 4 rings (SSSR count). The molecule has 1 heterocycles. The zero-order valence-corrected chi connectivity index (χ0v) is 21.2. The Kier molecular flexibility index (Phi) is 8.35. The molecule has 1 atom stereocenters. The molecule has 1 amide bonds. The Hall–Kier alpha value is -3.69. The quantitative estimate of drug-likeness (QED) is 0.169. The number of carbonyl (C=O) groups excluding carboxylic acids is 1. The Morgan fingerprint density at radius 1 is 1.14 bits per heavy atom. The summed E-state index contributed by atoms with van der Waals surface area (Å²) in [6.07, 6.45) is 1.46. The van der Waals surface area contributed by atoms with Crippen LogP contribution in [-0.4, -0.2) is 32.1 Å². The third-order valence-electron chi connectivity index (χ3n) is 5.25. The monoisotopic (exact) mass is 522 g/mol. The molecule has 0 saturated heterocycles. The smallest absolute Gasteiger partial charge is 0.253 e.